The minimum atomic E-state index is -0.594. The first-order valence-corrected chi connectivity index (χ1v) is 8.70. The predicted molar refractivity (Wildman–Crippen MR) is 95.3 cm³/mol. The average Bonchev–Trinajstić information content (AvgIpc) is 3.19. The van der Waals surface area contributed by atoms with Crippen molar-refractivity contribution in [2.75, 3.05) is 45.5 Å². The van der Waals surface area contributed by atoms with E-state index in [9.17, 15) is 9.59 Å². The lowest BCUT2D eigenvalue weighted by Gasteiger charge is -2.31. The lowest BCUT2D eigenvalue weighted by atomic mass is 10.1. The highest BCUT2D eigenvalue weighted by molar-refractivity contribution is 6.03. The van der Waals surface area contributed by atoms with Crippen molar-refractivity contribution in [3.63, 3.8) is 0 Å². The molecule has 1 saturated heterocycles. The highest BCUT2D eigenvalue weighted by atomic mass is 16.5. The van der Waals surface area contributed by atoms with Gasteiger partial charge in [0.25, 0.3) is 0 Å². The van der Waals surface area contributed by atoms with Gasteiger partial charge in [-0.2, -0.15) is 0 Å². The van der Waals surface area contributed by atoms with E-state index >= 15 is 0 Å². The third-order valence-corrected chi connectivity index (χ3v) is 4.66. The number of methoxy groups -OCH3 is 2. The second kappa shape index (κ2) is 8.33. The lowest BCUT2D eigenvalue weighted by Crippen LogP contribution is -2.38. The molecule has 0 unspecified atom stereocenters. The highest BCUT2D eigenvalue weighted by Gasteiger charge is 2.32. The summed E-state index contributed by atoms with van der Waals surface area (Å²) in [6, 6.07) is 7.92. The number of hydrogen-bond donors (Lipinski definition) is 0. The first-order chi connectivity index (χ1) is 12.6. The molecule has 2 heterocycles. The second-order valence-electron chi connectivity index (χ2n) is 6.37. The third-order valence-electron chi connectivity index (χ3n) is 4.66. The van der Waals surface area contributed by atoms with Gasteiger partial charge in [-0.25, -0.2) is 9.59 Å². The summed E-state index contributed by atoms with van der Waals surface area (Å²) in [5.74, 6) is -1.18. The van der Waals surface area contributed by atoms with E-state index in [1.54, 1.807) is 4.90 Å². The Kier molecular flexibility index (Phi) is 5.90. The number of benzene rings is 1. The summed E-state index contributed by atoms with van der Waals surface area (Å²) >= 11 is 0. The SMILES string of the molecule is COC(=O)C1=C(C(=O)OC)N(c2cccc(CN3CCCC3)c2)COC1. The smallest absolute Gasteiger partial charge is 0.355 e. The van der Waals surface area contributed by atoms with Gasteiger partial charge in [-0.1, -0.05) is 12.1 Å². The zero-order valence-electron chi connectivity index (χ0n) is 15.2. The van der Waals surface area contributed by atoms with Crippen LogP contribution in [0, 0.1) is 0 Å². The number of rotatable bonds is 5. The molecule has 140 valence electrons. The van der Waals surface area contributed by atoms with Crippen molar-refractivity contribution in [2.45, 2.75) is 19.4 Å². The van der Waals surface area contributed by atoms with Gasteiger partial charge < -0.3 is 19.1 Å². The fraction of sp³-hybridized carbons (Fsp3) is 0.474. The summed E-state index contributed by atoms with van der Waals surface area (Å²) in [7, 11) is 2.57. The van der Waals surface area contributed by atoms with Crippen LogP contribution in [0.5, 0.6) is 0 Å². The maximum Gasteiger partial charge on any atom is 0.355 e. The first-order valence-electron chi connectivity index (χ1n) is 8.70. The minimum absolute atomic E-state index is 0.0150. The van der Waals surface area contributed by atoms with Crippen molar-refractivity contribution in [2.24, 2.45) is 0 Å². The molecule has 0 bridgehead atoms. The van der Waals surface area contributed by atoms with Crippen LogP contribution in [0.2, 0.25) is 0 Å². The highest BCUT2D eigenvalue weighted by Crippen LogP contribution is 2.28. The van der Waals surface area contributed by atoms with Crippen LogP contribution in [0.25, 0.3) is 0 Å². The predicted octanol–water partition coefficient (Wildman–Crippen LogP) is 1.68. The molecule has 2 aliphatic rings. The van der Waals surface area contributed by atoms with Crippen LogP contribution in [0.15, 0.2) is 35.5 Å². The van der Waals surface area contributed by atoms with Crippen molar-refractivity contribution in [1.29, 1.82) is 0 Å². The van der Waals surface area contributed by atoms with Crippen LogP contribution >= 0.6 is 0 Å². The van der Waals surface area contributed by atoms with E-state index in [0.29, 0.717) is 0 Å². The normalized spacial score (nSPS) is 18.2. The Bertz CT molecular complexity index is 710. The van der Waals surface area contributed by atoms with Crippen molar-refractivity contribution >= 4 is 17.6 Å². The van der Waals surface area contributed by atoms with Gasteiger partial charge in [-0.05, 0) is 43.6 Å². The Morgan fingerprint density at radius 1 is 1.12 bits per heavy atom. The van der Waals surface area contributed by atoms with Gasteiger partial charge in [-0.15, -0.1) is 0 Å². The van der Waals surface area contributed by atoms with E-state index in [1.807, 2.05) is 18.2 Å². The number of anilines is 1. The summed E-state index contributed by atoms with van der Waals surface area (Å²) in [6.07, 6.45) is 2.47. The Balaban J connectivity index is 1.92. The molecule has 0 spiro atoms. The topological polar surface area (TPSA) is 68.3 Å². The molecular formula is C19H24N2O5. The maximum absolute atomic E-state index is 12.4. The average molecular weight is 360 g/mol. The van der Waals surface area contributed by atoms with Crippen molar-refractivity contribution in [1.82, 2.24) is 4.90 Å². The van der Waals surface area contributed by atoms with Crippen LogP contribution in [-0.2, 0) is 30.3 Å². The first kappa shape index (κ1) is 18.4. The molecule has 0 saturated carbocycles. The summed E-state index contributed by atoms with van der Waals surface area (Å²) in [4.78, 5) is 28.5. The van der Waals surface area contributed by atoms with Crippen molar-refractivity contribution in [3.8, 4) is 0 Å². The summed E-state index contributed by atoms with van der Waals surface area (Å²) in [6.45, 7) is 3.26. The molecule has 3 rings (SSSR count). The Morgan fingerprint density at radius 2 is 1.85 bits per heavy atom. The van der Waals surface area contributed by atoms with E-state index in [1.165, 1.54) is 27.1 Å². The zero-order chi connectivity index (χ0) is 18.5. The number of carbonyl (C=O) groups excluding carboxylic acids is 2. The Hall–Kier alpha value is -2.38. The van der Waals surface area contributed by atoms with E-state index < -0.39 is 11.9 Å². The zero-order valence-corrected chi connectivity index (χ0v) is 15.2. The molecule has 0 atom stereocenters. The van der Waals surface area contributed by atoms with Gasteiger partial charge in [0.05, 0.1) is 26.4 Å². The molecular weight excluding hydrogens is 336 g/mol. The number of likely N-dealkylation sites (tertiary alicyclic amines) is 1. The number of ether oxygens (including phenoxy) is 3. The third kappa shape index (κ3) is 3.89. The van der Waals surface area contributed by atoms with Crippen LogP contribution in [-0.4, -0.2) is 57.5 Å². The molecule has 7 heteroatoms. The molecule has 0 radical (unpaired) electrons. The quantitative estimate of drug-likeness (QED) is 0.740. The van der Waals surface area contributed by atoms with E-state index in [0.717, 1.165) is 30.9 Å². The standard InChI is InChI=1S/C19H24N2O5/c1-24-18(22)16-12-26-13-21(17(16)19(23)25-2)15-7-5-6-14(10-15)11-20-8-3-4-9-20/h5-7,10H,3-4,8-9,11-13H2,1-2H3. The van der Waals surface area contributed by atoms with Gasteiger partial charge in [-0.3, -0.25) is 4.90 Å². The molecule has 7 nitrogen and oxygen atoms in total. The van der Waals surface area contributed by atoms with E-state index in [2.05, 4.69) is 11.0 Å². The van der Waals surface area contributed by atoms with Gasteiger partial charge in [0.2, 0.25) is 0 Å². The van der Waals surface area contributed by atoms with Crippen LogP contribution < -0.4 is 4.90 Å². The number of esters is 2. The van der Waals surface area contributed by atoms with Crippen LogP contribution in [0.4, 0.5) is 5.69 Å². The molecule has 1 aromatic rings. The molecule has 0 amide bonds. The molecule has 26 heavy (non-hydrogen) atoms. The lowest BCUT2D eigenvalue weighted by molar-refractivity contribution is -0.140. The molecule has 0 aromatic heterocycles. The van der Waals surface area contributed by atoms with Gasteiger partial charge in [0, 0.05) is 12.2 Å². The van der Waals surface area contributed by atoms with Crippen LogP contribution in [0.1, 0.15) is 18.4 Å². The fourth-order valence-corrected chi connectivity index (χ4v) is 3.37. The Labute approximate surface area is 153 Å². The maximum atomic E-state index is 12.4. The Morgan fingerprint density at radius 3 is 2.54 bits per heavy atom. The largest absolute Gasteiger partial charge is 0.466 e. The van der Waals surface area contributed by atoms with Crippen molar-refractivity contribution in [3.05, 3.63) is 41.1 Å². The number of hydrogen-bond acceptors (Lipinski definition) is 7. The van der Waals surface area contributed by atoms with Crippen molar-refractivity contribution < 1.29 is 23.8 Å². The van der Waals surface area contributed by atoms with E-state index in [-0.39, 0.29) is 24.6 Å². The molecule has 1 fully saturated rings. The van der Waals surface area contributed by atoms with Crippen LogP contribution in [0.3, 0.4) is 0 Å². The van der Waals surface area contributed by atoms with Gasteiger partial charge in [0.15, 0.2) is 0 Å². The summed E-state index contributed by atoms with van der Waals surface area (Å²) in [5.41, 5.74) is 2.27. The molecule has 0 N–H and O–H groups in total. The summed E-state index contributed by atoms with van der Waals surface area (Å²) in [5, 5.41) is 0. The molecule has 0 aliphatic carbocycles. The number of carbonyl (C=O) groups is 2. The van der Waals surface area contributed by atoms with E-state index in [4.69, 9.17) is 14.2 Å². The molecule has 1 aromatic carbocycles. The van der Waals surface area contributed by atoms with Gasteiger partial charge in [0.1, 0.15) is 12.4 Å². The second-order valence-corrected chi connectivity index (χ2v) is 6.37. The fourth-order valence-electron chi connectivity index (χ4n) is 3.37. The summed E-state index contributed by atoms with van der Waals surface area (Å²) < 4.78 is 15.2. The monoisotopic (exact) mass is 360 g/mol. The number of nitrogens with zero attached hydrogens (tertiary/aromatic N) is 2. The van der Waals surface area contributed by atoms with Gasteiger partial charge >= 0.3 is 11.9 Å². The minimum Gasteiger partial charge on any atom is -0.466 e. The molecule has 2 aliphatic heterocycles.